The highest BCUT2D eigenvalue weighted by Crippen LogP contribution is 2.34. The predicted octanol–water partition coefficient (Wildman–Crippen LogP) is -0.155. The molecule has 2 aliphatic rings. The highest BCUT2D eigenvalue weighted by Gasteiger charge is 2.39. The third-order valence-electron chi connectivity index (χ3n) is 3.50. The number of rotatable bonds is 2. The highest BCUT2D eigenvalue weighted by atomic mass is 16.5. The van der Waals surface area contributed by atoms with Crippen molar-refractivity contribution in [2.24, 2.45) is 5.41 Å². The molecule has 4 heteroatoms. The monoisotopic (exact) mass is 198 g/mol. The highest BCUT2D eigenvalue weighted by molar-refractivity contribution is 5.71. The fourth-order valence-electron chi connectivity index (χ4n) is 2.26. The lowest BCUT2D eigenvalue weighted by Gasteiger charge is -2.48. The summed E-state index contributed by atoms with van der Waals surface area (Å²) in [5.74, 6) is -0.118. The van der Waals surface area contributed by atoms with Gasteiger partial charge in [-0.2, -0.15) is 0 Å². The largest absolute Gasteiger partial charge is 0.468 e. The molecule has 0 amide bonds. The lowest BCUT2D eigenvalue weighted by molar-refractivity contribution is -0.142. The molecule has 2 aliphatic heterocycles. The van der Waals surface area contributed by atoms with Gasteiger partial charge in [0.25, 0.3) is 0 Å². The summed E-state index contributed by atoms with van der Waals surface area (Å²) >= 11 is 0. The summed E-state index contributed by atoms with van der Waals surface area (Å²) in [5, 5.41) is 3.33. The van der Waals surface area contributed by atoms with Crippen molar-refractivity contribution in [1.29, 1.82) is 0 Å². The molecule has 2 saturated heterocycles. The van der Waals surface area contributed by atoms with E-state index in [1.54, 1.807) is 0 Å². The molecule has 80 valence electrons. The predicted molar refractivity (Wildman–Crippen MR) is 53.0 cm³/mol. The normalized spacial score (nSPS) is 25.8. The molecule has 4 nitrogen and oxygen atoms in total. The van der Waals surface area contributed by atoms with Crippen molar-refractivity contribution in [3.63, 3.8) is 0 Å². The molecule has 1 spiro atoms. The molecule has 0 aromatic heterocycles. The number of nitrogens with one attached hydrogen (secondary N) is 1. The van der Waals surface area contributed by atoms with Crippen LogP contribution in [0.5, 0.6) is 0 Å². The maximum Gasteiger partial charge on any atom is 0.319 e. The number of carbonyl (C=O) groups is 1. The molecule has 2 heterocycles. The van der Waals surface area contributed by atoms with Gasteiger partial charge in [0.2, 0.25) is 0 Å². The smallest absolute Gasteiger partial charge is 0.319 e. The molecule has 2 fully saturated rings. The van der Waals surface area contributed by atoms with E-state index in [1.807, 2.05) is 0 Å². The Morgan fingerprint density at radius 2 is 2.07 bits per heavy atom. The summed E-state index contributed by atoms with van der Waals surface area (Å²) in [7, 11) is 1.45. The van der Waals surface area contributed by atoms with Gasteiger partial charge < -0.3 is 10.1 Å². The van der Waals surface area contributed by atoms with Gasteiger partial charge in [-0.1, -0.05) is 0 Å². The van der Waals surface area contributed by atoms with E-state index in [0.29, 0.717) is 12.0 Å². The first-order chi connectivity index (χ1) is 6.74. The van der Waals surface area contributed by atoms with E-state index in [-0.39, 0.29) is 5.97 Å². The van der Waals surface area contributed by atoms with Gasteiger partial charge in [-0.05, 0) is 31.3 Å². The quantitative estimate of drug-likeness (QED) is 0.626. The number of piperidine rings is 1. The Hall–Kier alpha value is -0.610. The minimum absolute atomic E-state index is 0.118. The van der Waals surface area contributed by atoms with Gasteiger partial charge in [-0.25, -0.2) is 0 Å². The second kappa shape index (κ2) is 3.87. The summed E-state index contributed by atoms with van der Waals surface area (Å²) in [6.07, 6.45) is 2.44. The van der Waals surface area contributed by atoms with Crippen LogP contribution in [0.2, 0.25) is 0 Å². The van der Waals surface area contributed by atoms with Gasteiger partial charge in [0.15, 0.2) is 0 Å². The average Bonchev–Trinajstić information content (AvgIpc) is 2.16. The molecule has 0 atom stereocenters. The van der Waals surface area contributed by atoms with Crippen molar-refractivity contribution >= 4 is 5.97 Å². The number of methoxy groups -OCH3 is 1. The van der Waals surface area contributed by atoms with Crippen LogP contribution in [0.3, 0.4) is 0 Å². The number of carbonyl (C=O) groups excluding carboxylic acids is 1. The number of ether oxygens (including phenoxy) is 1. The first-order valence-electron chi connectivity index (χ1n) is 5.24. The molecular formula is C10H18N2O2. The Morgan fingerprint density at radius 1 is 1.43 bits per heavy atom. The minimum Gasteiger partial charge on any atom is -0.468 e. The van der Waals surface area contributed by atoms with Crippen LogP contribution < -0.4 is 5.32 Å². The van der Waals surface area contributed by atoms with E-state index < -0.39 is 0 Å². The average molecular weight is 198 g/mol. The first kappa shape index (κ1) is 9.93. The van der Waals surface area contributed by atoms with Crippen LogP contribution in [-0.2, 0) is 9.53 Å². The molecule has 0 aliphatic carbocycles. The Balaban J connectivity index is 1.75. The SMILES string of the molecule is COC(=O)CN1CCC2(CC1)CNC2. The zero-order chi connectivity index (χ0) is 10.0. The minimum atomic E-state index is -0.118. The molecular weight excluding hydrogens is 180 g/mol. The van der Waals surface area contributed by atoms with Crippen LogP contribution in [-0.4, -0.2) is 50.7 Å². The second-order valence-electron chi connectivity index (χ2n) is 4.46. The van der Waals surface area contributed by atoms with Gasteiger partial charge >= 0.3 is 5.97 Å². The van der Waals surface area contributed by atoms with Crippen molar-refractivity contribution in [2.75, 3.05) is 39.8 Å². The van der Waals surface area contributed by atoms with Crippen LogP contribution in [0.15, 0.2) is 0 Å². The maximum atomic E-state index is 11.0. The molecule has 0 unspecified atom stereocenters. The third kappa shape index (κ3) is 1.91. The van der Waals surface area contributed by atoms with E-state index in [4.69, 9.17) is 0 Å². The van der Waals surface area contributed by atoms with Crippen LogP contribution in [0, 0.1) is 5.41 Å². The molecule has 14 heavy (non-hydrogen) atoms. The van der Waals surface area contributed by atoms with Crippen molar-refractivity contribution in [1.82, 2.24) is 10.2 Å². The lowest BCUT2D eigenvalue weighted by Crippen LogP contribution is -2.58. The third-order valence-corrected chi connectivity index (χ3v) is 3.50. The Kier molecular flexibility index (Phi) is 2.74. The fourth-order valence-corrected chi connectivity index (χ4v) is 2.26. The van der Waals surface area contributed by atoms with E-state index in [0.717, 1.165) is 13.1 Å². The Bertz CT molecular complexity index is 216. The van der Waals surface area contributed by atoms with E-state index in [9.17, 15) is 4.79 Å². The van der Waals surface area contributed by atoms with Gasteiger partial charge in [-0.3, -0.25) is 9.69 Å². The molecule has 1 N–H and O–H groups in total. The number of hydrogen-bond donors (Lipinski definition) is 1. The molecule has 0 bridgehead atoms. The fraction of sp³-hybridized carbons (Fsp3) is 0.900. The Labute approximate surface area is 84.6 Å². The van der Waals surface area contributed by atoms with Crippen LogP contribution in [0.1, 0.15) is 12.8 Å². The van der Waals surface area contributed by atoms with Gasteiger partial charge in [0.05, 0.1) is 13.7 Å². The van der Waals surface area contributed by atoms with Crippen LogP contribution >= 0.6 is 0 Å². The van der Waals surface area contributed by atoms with Crippen molar-refractivity contribution in [3.8, 4) is 0 Å². The summed E-state index contributed by atoms with van der Waals surface area (Å²) in [4.78, 5) is 13.2. The van der Waals surface area contributed by atoms with Gasteiger partial charge in [-0.15, -0.1) is 0 Å². The standard InChI is InChI=1S/C10H18N2O2/c1-14-9(13)6-12-4-2-10(3-5-12)7-11-8-10/h11H,2-8H2,1H3. The summed E-state index contributed by atoms with van der Waals surface area (Å²) in [6.45, 7) is 4.87. The number of nitrogens with zero attached hydrogens (tertiary/aromatic N) is 1. The Morgan fingerprint density at radius 3 is 2.50 bits per heavy atom. The molecule has 2 rings (SSSR count). The van der Waals surface area contributed by atoms with Crippen LogP contribution in [0.25, 0.3) is 0 Å². The topological polar surface area (TPSA) is 41.6 Å². The van der Waals surface area contributed by atoms with Crippen molar-refractivity contribution < 1.29 is 9.53 Å². The zero-order valence-corrected chi connectivity index (χ0v) is 8.71. The lowest BCUT2D eigenvalue weighted by atomic mass is 9.73. The summed E-state index contributed by atoms with van der Waals surface area (Å²) in [6, 6.07) is 0. The van der Waals surface area contributed by atoms with Crippen molar-refractivity contribution in [3.05, 3.63) is 0 Å². The van der Waals surface area contributed by atoms with Gasteiger partial charge in [0.1, 0.15) is 0 Å². The van der Waals surface area contributed by atoms with Gasteiger partial charge in [0, 0.05) is 13.1 Å². The zero-order valence-electron chi connectivity index (χ0n) is 8.71. The maximum absolute atomic E-state index is 11.0. The van der Waals surface area contributed by atoms with Crippen LogP contribution in [0.4, 0.5) is 0 Å². The summed E-state index contributed by atoms with van der Waals surface area (Å²) in [5.41, 5.74) is 0.562. The second-order valence-corrected chi connectivity index (χ2v) is 4.46. The van der Waals surface area contributed by atoms with E-state index >= 15 is 0 Å². The number of esters is 1. The van der Waals surface area contributed by atoms with Crippen molar-refractivity contribution in [2.45, 2.75) is 12.8 Å². The number of hydrogen-bond acceptors (Lipinski definition) is 4. The first-order valence-corrected chi connectivity index (χ1v) is 5.24. The molecule has 0 aromatic carbocycles. The van der Waals surface area contributed by atoms with E-state index in [1.165, 1.54) is 33.0 Å². The molecule has 0 radical (unpaired) electrons. The van der Waals surface area contributed by atoms with E-state index in [2.05, 4.69) is 15.0 Å². The molecule has 0 aromatic rings. The number of likely N-dealkylation sites (tertiary alicyclic amines) is 1. The molecule has 0 saturated carbocycles. The summed E-state index contributed by atoms with van der Waals surface area (Å²) < 4.78 is 4.65.